The number of amides is 11. The third-order valence-corrected chi connectivity index (χ3v) is 16.5. The van der Waals surface area contributed by atoms with Crippen LogP contribution in [0.1, 0.15) is 163 Å². The van der Waals surface area contributed by atoms with Gasteiger partial charge in [0.2, 0.25) is 65.0 Å². The van der Waals surface area contributed by atoms with Gasteiger partial charge in [-0.15, -0.1) is 0 Å². The molecule has 0 radical (unpaired) electrons. The number of aliphatic hydroxyl groups excluding tert-OH is 3. The predicted molar refractivity (Wildman–Crippen MR) is 357 cm³/mol. The molecule has 11 N–H and O–H groups in total. The maximum atomic E-state index is 14.8. The van der Waals surface area contributed by atoms with Crippen molar-refractivity contribution in [1.29, 1.82) is 0 Å². The third kappa shape index (κ3) is 27.1. The normalized spacial score (nSPS) is 16.6. The Labute approximate surface area is 559 Å². The van der Waals surface area contributed by atoms with Crippen LogP contribution in [0.3, 0.4) is 0 Å². The summed E-state index contributed by atoms with van der Waals surface area (Å²) in [6, 6.07) is -14.5. The van der Waals surface area contributed by atoms with Crippen LogP contribution in [0.5, 0.6) is 0 Å². The molecular formula is C66H120N12O16. The third-order valence-electron chi connectivity index (χ3n) is 16.5. The van der Waals surface area contributed by atoms with Gasteiger partial charge in [-0.05, 0) is 115 Å². The summed E-state index contributed by atoms with van der Waals surface area (Å²) in [7, 11) is 8.16. The highest BCUT2D eigenvalue weighted by Gasteiger charge is 2.45. The van der Waals surface area contributed by atoms with E-state index in [1.165, 1.54) is 72.9 Å². The standard InChI is InChI=1S/C66H120N12O16/c1-25-26-27-40(14)55(82)54(60(87)72-52(44(18)80)66(93)94)78(24)65(92)53(39(12)13)77(23)63(90)46(29-35(4)5)71-59(86)49(32-38(10)11)75(21)61(88)42(16)69-56(83)41(15)68-57(84)48(31-37(8)9)76(22)62(89)45(28-34(2)3)70-58(85)47(30-36(6)7)74(20)50(81)33-73(19)64(91)51(67)43(17)79/h25-26,34-49,51-55,79-80,82H,27-33,67H2,1-24H3,(H,68,84)(H,69,83)(H,70,85)(H,71,86)(H,72,87)(H,93,94)/t40-,41+,42-,43-,44-,45+,46+,47+,48+,49+,51+,52+,53+,54+,55-/m1/s1. The lowest BCUT2D eigenvalue weighted by molar-refractivity contribution is -0.155. The number of hydrogen-bond acceptors (Lipinski definition) is 16. The molecule has 0 aromatic heterocycles. The molecule has 94 heavy (non-hydrogen) atoms. The van der Waals surface area contributed by atoms with Gasteiger partial charge < -0.3 is 82.1 Å². The minimum atomic E-state index is -1.79. The first kappa shape index (κ1) is 87.2. The predicted octanol–water partition coefficient (Wildman–Crippen LogP) is 1.07. The smallest absolute Gasteiger partial charge is 0.328 e. The number of nitrogens with one attached hydrogen (secondary N) is 5. The fourth-order valence-electron chi connectivity index (χ4n) is 10.9. The Morgan fingerprint density at radius 1 is 0.426 bits per heavy atom. The summed E-state index contributed by atoms with van der Waals surface area (Å²) in [4.78, 5) is 175. The Balaban J connectivity index is 6.87. The van der Waals surface area contributed by atoms with Gasteiger partial charge in [0.1, 0.15) is 60.4 Å². The van der Waals surface area contributed by atoms with E-state index in [1.54, 1.807) is 39.8 Å². The van der Waals surface area contributed by atoms with Crippen molar-refractivity contribution in [2.75, 3.05) is 48.8 Å². The van der Waals surface area contributed by atoms with Crippen molar-refractivity contribution in [3.63, 3.8) is 0 Å². The Morgan fingerprint density at radius 3 is 1.19 bits per heavy atom. The van der Waals surface area contributed by atoms with E-state index in [1.807, 2.05) is 69.2 Å². The van der Waals surface area contributed by atoms with Gasteiger partial charge in [0, 0.05) is 42.3 Å². The zero-order valence-corrected chi connectivity index (χ0v) is 60.7. The van der Waals surface area contributed by atoms with Crippen LogP contribution in [0.2, 0.25) is 0 Å². The van der Waals surface area contributed by atoms with Gasteiger partial charge >= 0.3 is 5.97 Å². The second-order valence-corrected chi connectivity index (χ2v) is 28.0. The molecule has 0 bridgehead atoms. The van der Waals surface area contributed by atoms with Gasteiger partial charge in [0.15, 0.2) is 6.04 Å². The first-order valence-corrected chi connectivity index (χ1v) is 32.9. The van der Waals surface area contributed by atoms with Crippen molar-refractivity contribution in [1.82, 2.24) is 56.0 Å². The number of nitrogens with zero attached hydrogens (tertiary/aromatic N) is 6. The average Bonchev–Trinajstić information content (AvgIpc) is 0.815. The first-order valence-electron chi connectivity index (χ1n) is 32.9. The molecule has 28 nitrogen and oxygen atoms in total. The van der Waals surface area contributed by atoms with Crippen molar-refractivity contribution in [3.05, 3.63) is 12.2 Å². The van der Waals surface area contributed by atoms with Crippen molar-refractivity contribution in [3.8, 4) is 0 Å². The maximum absolute atomic E-state index is 14.8. The molecule has 0 aliphatic heterocycles. The maximum Gasteiger partial charge on any atom is 0.328 e. The highest BCUT2D eigenvalue weighted by atomic mass is 16.4. The van der Waals surface area contributed by atoms with Crippen LogP contribution < -0.4 is 32.3 Å². The molecule has 0 aliphatic carbocycles. The number of carbonyl (C=O) groups excluding carboxylic acids is 11. The van der Waals surface area contributed by atoms with Gasteiger partial charge in [-0.1, -0.05) is 102 Å². The molecule has 540 valence electrons. The van der Waals surface area contributed by atoms with E-state index in [4.69, 9.17) is 5.73 Å². The summed E-state index contributed by atoms with van der Waals surface area (Å²) in [5.74, 6) is -11.7. The van der Waals surface area contributed by atoms with E-state index in [0.717, 1.165) is 26.5 Å². The van der Waals surface area contributed by atoms with E-state index in [9.17, 15) is 78.0 Å². The number of carbonyl (C=O) groups is 12. The molecule has 0 rings (SSSR count). The van der Waals surface area contributed by atoms with Crippen LogP contribution in [0, 0.1) is 41.4 Å². The minimum absolute atomic E-state index is 0.0688. The van der Waals surface area contributed by atoms with Crippen molar-refractivity contribution >= 4 is 70.9 Å². The fraction of sp³-hybridized carbons (Fsp3) is 0.788. The van der Waals surface area contributed by atoms with E-state index >= 15 is 0 Å². The van der Waals surface area contributed by atoms with E-state index < -0.39 is 174 Å². The Bertz CT molecular complexity index is 2560. The summed E-state index contributed by atoms with van der Waals surface area (Å²) in [5.41, 5.74) is 5.82. The number of carboxylic acids is 1. The Morgan fingerprint density at radius 2 is 0.809 bits per heavy atom. The largest absolute Gasteiger partial charge is 0.480 e. The molecule has 15 atom stereocenters. The number of aliphatic hydroxyl groups is 3. The number of hydrogen-bond donors (Lipinski definition) is 10. The molecule has 0 unspecified atom stereocenters. The molecule has 0 saturated heterocycles. The lowest BCUT2D eigenvalue weighted by Crippen LogP contribution is -2.63. The summed E-state index contributed by atoms with van der Waals surface area (Å²) in [6.45, 7) is 29.9. The minimum Gasteiger partial charge on any atom is -0.480 e. The van der Waals surface area contributed by atoms with Gasteiger partial charge in [0.25, 0.3) is 0 Å². The number of nitrogens with two attached hydrogens (primary N) is 1. The number of aliphatic carboxylic acids is 1. The van der Waals surface area contributed by atoms with Crippen LogP contribution in [0.25, 0.3) is 0 Å². The van der Waals surface area contributed by atoms with Gasteiger partial charge in [0.05, 0.1) is 24.9 Å². The Hall–Kier alpha value is -6.78. The van der Waals surface area contributed by atoms with E-state index in [0.29, 0.717) is 0 Å². The van der Waals surface area contributed by atoms with E-state index in [2.05, 4.69) is 26.6 Å². The molecule has 0 aromatic carbocycles. The summed E-state index contributed by atoms with van der Waals surface area (Å²) < 4.78 is 0. The first-order chi connectivity index (χ1) is 43.2. The van der Waals surface area contributed by atoms with Gasteiger partial charge in [-0.25, -0.2) is 4.79 Å². The fourth-order valence-corrected chi connectivity index (χ4v) is 10.9. The van der Waals surface area contributed by atoms with Crippen molar-refractivity contribution in [2.45, 2.75) is 248 Å². The molecule has 28 heteroatoms. The Kier molecular flexibility index (Phi) is 37.7. The molecule has 11 amide bonds. The number of likely N-dealkylation sites (N-methyl/N-ethyl adjacent to an activating group) is 6. The van der Waals surface area contributed by atoms with E-state index in [-0.39, 0.29) is 68.1 Å². The van der Waals surface area contributed by atoms with Crippen LogP contribution in [-0.2, 0) is 57.5 Å². The van der Waals surface area contributed by atoms with Gasteiger partial charge in [-0.3, -0.25) is 52.7 Å². The second kappa shape index (κ2) is 40.6. The lowest BCUT2D eigenvalue weighted by atomic mass is 9.91. The van der Waals surface area contributed by atoms with Gasteiger partial charge in [-0.2, -0.15) is 0 Å². The van der Waals surface area contributed by atoms with Crippen molar-refractivity contribution < 1.29 is 78.0 Å². The highest BCUT2D eigenvalue weighted by Crippen LogP contribution is 2.24. The summed E-state index contributed by atoms with van der Waals surface area (Å²) >= 11 is 0. The average molecular weight is 1340 g/mol. The monoisotopic (exact) mass is 1340 g/mol. The van der Waals surface area contributed by atoms with Crippen LogP contribution >= 0.6 is 0 Å². The lowest BCUT2D eigenvalue weighted by Gasteiger charge is -2.40. The molecule has 0 saturated carbocycles. The van der Waals surface area contributed by atoms with Crippen LogP contribution in [0.15, 0.2) is 12.2 Å². The topological polar surface area (TPSA) is 391 Å². The molecule has 0 aromatic rings. The molecule has 0 heterocycles. The van der Waals surface area contributed by atoms with Crippen molar-refractivity contribution in [2.24, 2.45) is 47.2 Å². The molecular weight excluding hydrogens is 1220 g/mol. The number of rotatable bonds is 40. The summed E-state index contributed by atoms with van der Waals surface area (Å²) in [6.07, 6.45) is 0.0855. The zero-order valence-electron chi connectivity index (χ0n) is 60.7. The zero-order chi connectivity index (χ0) is 73.4. The highest BCUT2D eigenvalue weighted by molar-refractivity contribution is 5.99. The number of allylic oxidation sites excluding steroid dienone is 2. The van der Waals surface area contributed by atoms with Crippen LogP contribution in [-0.4, -0.2) is 254 Å². The SMILES string of the molecule is CC=CC[C@@H](C)[C@@H](O)[C@@H](C(=O)N[C@H](C(=O)O)[C@@H](C)O)N(C)C(=O)[C@H](C(C)C)N(C)C(=O)[C@H](CC(C)C)NC(=O)[C@H](CC(C)C)N(C)C(=O)[C@@H](C)NC(=O)[C@H](C)NC(=O)[C@H](CC(C)C)N(C)C(=O)[C@H](CC(C)C)NC(=O)[C@H](CC(C)C)N(C)C(=O)CN(C)C(=O)[C@@H](N)[C@@H](C)O. The second-order valence-electron chi connectivity index (χ2n) is 28.0. The molecule has 0 spiro atoms. The molecule has 0 fully saturated rings. The number of carboxylic acid groups (broad SMARTS) is 1. The molecule has 0 aliphatic rings. The summed E-state index contributed by atoms with van der Waals surface area (Å²) in [5, 5.41) is 54.7. The van der Waals surface area contributed by atoms with Crippen LogP contribution in [0.4, 0.5) is 0 Å². The quantitative estimate of drug-likeness (QED) is 0.0384.